The third-order valence-electron chi connectivity index (χ3n) is 3.12. The molecule has 1 N–H and O–H groups in total. The van der Waals surface area contributed by atoms with Crippen LogP contribution in [0, 0.1) is 6.92 Å². The van der Waals surface area contributed by atoms with Crippen molar-refractivity contribution >= 4 is 16.9 Å². The van der Waals surface area contributed by atoms with Crippen LogP contribution in [0.3, 0.4) is 0 Å². The second-order valence-electron chi connectivity index (χ2n) is 4.68. The summed E-state index contributed by atoms with van der Waals surface area (Å²) < 4.78 is 5.31. The van der Waals surface area contributed by atoms with Crippen LogP contribution in [0.15, 0.2) is 48.5 Å². The van der Waals surface area contributed by atoms with Gasteiger partial charge in [-0.25, -0.2) is 4.79 Å². The number of esters is 1. The average Bonchev–Trinajstić information content (AvgIpc) is 2.89. The number of benzene rings is 2. The molecule has 2 aromatic carbocycles. The number of aromatic nitrogens is 2. The monoisotopic (exact) mass is 266 g/mol. The summed E-state index contributed by atoms with van der Waals surface area (Å²) in [5.41, 5.74) is 3.27. The van der Waals surface area contributed by atoms with Crippen molar-refractivity contribution < 1.29 is 9.53 Å². The molecule has 0 aliphatic heterocycles. The molecule has 3 aromatic rings. The Morgan fingerprint density at radius 1 is 1.20 bits per heavy atom. The topological polar surface area (TPSA) is 55.0 Å². The molecule has 0 aliphatic carbocycles. The summed E-state index contributed by atoms with van der Waals surface area (Å²) >= 11 is 0. The van der Waals surface area contributed by atoms with Gasteiger partial charge < -0.3 is 4.74 Å². The zero-order chi connectivity index (χ0) is 13.9. The Morgan fingerprint density at radius 2 is 2.05 bits per heavy atom. The quantitative estimate of drug-likeness (QED) is 0.740. The molecule has 3 rings (SSSR count). The highest BCUT2D eigenvalue weighted by Gasteiger charge is 2.15. The highest BCUT2D eigenvalue weighted by atomic mass is 16.5. The SMILES string of the molecule is Cc1cccc(COC(=O)c2n[nH]c3ccccc23)c1. The van der Waals surface area contributed by atoms with Crippen molar-refractivity contribution in [3.63, 3.8) is 0 Å². The number of rotatable bonds is 3. The van der Waals surface area contributed by atoms with Gasteiger partial charge in [0.1, 0.15) is 6.61 Å². The van der Waals surface area contributed by atoms with Crippen molar-refractivity contribution in [1.82, 2.24) is 10.2 Å². The fraction of sp³-hybridized carbons (Fsp3) is 0.125. The third-order valence-corrected chi connectivity index (χ3v) is 3.12. The summed E-state index contributed by atoms with van der Waals surface area (Å²) in [6.45, 7) is 2.26. The lowest BCUT2D eigenvalue weighted by molar-refractivity contribution is 0.0468. The summed E-state index contributed by atoms with van der Waals surface area (Å²) in [5.74, 6) is -0.413. The van der Waals surface area contributed by atoms with E-state index < -0.39 is 5.97 Å². The molecule has 0 saturated carbocycles. The predicted molar refractivity (Wildman–Crippen MR) is 76.4 cm³/mol. The minimum atomic E-state index is -0.413. The first-order valence-corrected chi connectivity index (χ1v) is 6.40. The maximum atomic E-state index is 12.1. The molecule has 0 spiro atoms. The lowest BCUT2D eigenvalue weighted by Gasteiger charge is -2.04. The Kier molecular flexibility index (Phi) is 3.21. The van der Waals surface area contributed by atoms with Gasteiger partial charge in [-0.1, -0.05) is 48.0 Å². The normalized spacial score (nSPS) is 10.7. The lowest BCUT2D eigenvalue weighted by atomic mass is 10.1. The van der Waals surface area contributed by atoms with Gasteiger partial charge in [-0.2, -0.15) is 5.10 Å². The number of nitrogens with one attached hydrogen (secondary N) is 1. The van der Waals surface area contributed by atoms with Gasteiger partial charge in [0.05, 0.1) is 5.52 Å². The van der Waals surface area contributed by atoms with Crippen molar-refractivity contribution in [3.8, 4) is 0 Å². The van der Waals surface area contributed by atoms with E-state index in [1.807, 2.05) is 55.5 Å². The van der Waals surface area contributed by atoms with Gasteiger partial charge in [-0.3, -0.25) is 5.10 Å². The van der Waals surface area contributed by atoms with E-state index in [0.29, 0.717) is 5.69 Å². The fourth-order valence-corrected chi connectivity index (χ4v) is 2.14. The first-order valence-electron chi connectivity index (χ1n) is 6.40. The highest BCUT2D eigenvalue weighted by molar-refractivity contribution is 6.01. The van der Waals surface area contributed by atoms with E-state index in [4.69, 9.17) is 4.74 Å². The van der Waals surface area contributed by atoms with Crippen molar-refractivity contribution in [2.24, 2.45) is 0 Å². The zero-order valence-electron chi connectivity index (χ0n) is 11.1. The lowest BCUT2D eigenvalue weighted by Crippen LogP contribution is -2.06. The summed E-state index contributed by atoms with van der Waals surface area (Å²) in [6.07, 6.45) is 0. The van der Waals surface area contributed by atoms with E-state index >= 15 is 0 Å². The number of H-pyrrole nitrogens is 1. The van der Waals surface area contributed by atoms with Crippen molar-refractivity contribution in [2.75, 3.05) is 0 Å². The molecular formula is C16H14N2O2. The van der Waals surface area contributed by atoms with Crippen LogP contribution in [0.2, 0.25) is 0 Å². The molecule has 1 aromatic heterocycles. The van der Waals surface area contributed by atoms with Crippen molar-refractivity contribution in [1.29, 1.82) is 0 Å². The number of fused-ring (bicyclic) bond motifs is 1. The number of carbonyl (C=O) groups is 1. The van der Waals surface area contributed by atoms with Gasteiger partial charge in [0.2, 0.25) is 0 Å². The molecule has 1 heterocycles. The Hall–Kier alpha value is -2.62. The number of nitrogens with zero attached hydrogens (tertiary/aromatic N) is 1. The maximum Gasteiger partial charge on any atom is 0.359 e. The number of hydrogen-bond acceptors (Lipinski definition) is 3. The van der Waals surface area contributed by atoms with E-state index in [1.165, 1.54) is 0 Å². The fourth-order valence-electron chi connectivity index (χ4n) is 2.14. The molecule has 20 heavy (non-hydrogen) atoms. The minimum Gasteiger partial charge on any atom is -0.456 e. The summed E-state index contributed by atoms with van der Waals surface area (Å²) in [6, 6.07) is 15.4. The Bertz CT molecular complexity index is 762. The molecule has 0 unspecified atom stereocenters. The van der Waals surface area contributed by atoms with Crippen LogP contribution in [0.1, 0.15) is 21.6 Å². The number of aromatic amines is 1. The molecule has 0 saturated heterocycles. The number of aryl methyl sites for hydroxylation is 1. The van der Waals surface area contributed by atoms with Crippen LogP contribution < -0.4 is 0 Å². The van der Waals surface area contributed by atoms with Gasteiger partial charge in [0.25, 0.3) is 0 Å². The van der Waals surface area contributed by atoms with Crippen molar-refractivity contribution in [3.05, 3.63) is 65.4 Å². The highest BCUT2D eigenvalue weighted by Crippen LogP contribution is 2.16. The Morgan fingerprint density at radius 3 is 2.90 bits per heavy atom. The van der Waals surface area contributed by atoms with Crippen LogP contribution in [-0.2, 0) is 11.3 Å². The van der Waals surface area contributed by atoms with Gasteiger partial charge in [0, 0.05) is 5.39 Å². The standard InChI is InChI=1S/C16H14N2O2/c1-11-5-4-6-12(9-11)10-20-16(19)15-13-7-2-3-8-14(13)17-18-15/h2-9H,10H2,1H3,(H,17,18). The predicted octanol–water partition coefficient (Wildman–Crippen LogP) is 3.23. The largest absolute Gasteiger partial charge is 0.456 e. The van der Waals surface area contributed by atoms with Crippen LogP contribution in [0.5, 0.6) is 0 Å². The van der Waals surface area contributed by atoms with Crippen LogP contribution >= 0.6 is 0 Å². The second kappa shape index (κ2) is 5.17. The molecule has 100 valence electrons. The molecule has 0 aliphatic rings. The zero-order valence-corrected chi connectivity index (χ0v) is 11.1. The van der Waals surface area contributed by atoms with E-state index in [1.54, 1.807) is 0 Å². The van der Waals surface area contributed by atoms with Crippen LogP contribution in [0.25, 0.3) is 10.9 Å². The number of carbonyl (C=O) groups excluding carboxylic acids is 1. The van der Waals surface area contributed by atoms with Crippen LogP contribution in [0.4, 0.5) is 0 Å². The second-order valence-corrected chi connectivity index (χ2v) is 4.68. The Labute approximate surface area is 116 Å². The van der Waals surface area contributed by atoms with E-state index in [2.05, 4.69) is 10.2 Å². The average molecular weight is 266 g/mol. The minimum absolute atomic E-state index is 0.252. The Balaban J connectivity index is 1.76. The van der Waals surface area contributed by atoms with E-state index in [9.17, 15) is 4.79 Å². The molecule has 0 amide bonds. The molecule has 4 nitrogen and oxygen atoms in total. The molecule has 0 atom stereocenters. The molecule has 0 fully saturated rings. The number of ether oxygens (including phenoxy) is 1. The summed E-state index contributed by atoms with van der Waals surface area (Å²) in [5, 5.41) is 7.63. The van der Waals surface area contributed by atoms with E-state index in [0.717, 1.165) is 22.0 Å². The number of hydrogen-bond donors (Lipinski definition) is 1. The molecule has 0 radical (unpaired) electrons. The van der Waals surface area contributed by atoms with Gasteiger partial charge >= 0.3 is 5.97 Å². The number of para-hydroxylation sites is 1. The smallest absolute Gasteiger partial charge is 0.359 e. The third kappa shape index (κ3) is 2.40. The van der Waals surface area contributed by atoms with Crippen LogP contribution in [-0.4, -0.2) is 16.2 Å². The molecule has 0 bridgehead atoms. The van der Waals surface area contributed by atoms with Gasteiger partial charge in [0.15, 0.2) is 5.69 Å². The maximum absolute atomic E-state index is 12.1. The van der Waals surface area contributed by atoms with Gasteiger partial charge in [-0.05, 0) is 18.6 Å². The molecular weight excluding hydrogens is 252 g/mol. The summed E-state index contributed by atoms with van der Waals surface area (Å²) in [7, 11) is 0. The summed E-state index contributed by atoms with van der Waals surface area (Å²) in [4.78, 5) is 12.1. The van der Waals surface area contributed by atoms with Crippen molar-refractivity contribution in [2.45, 2.75) is 13.5 Å². The molecule has 4 heteroatoms. The first kappa shape index (κ1) is 12.4. The van der Waals surface area contributed by atoms with Gasteiger partial charge in [-0.15, -0.1) is 0 Å². The van der Waals surface area contributed by atoms with E-state index in [-0.39, 0.29) is 6.61 Å². The first-order chi connectivity index (χ1) is 9.74.